The molecule has 0 unspecified atom stereocenters. The number of rotatable bonds is 3. The molecule has 0 aromatic heterocycles. The summed E-state index contributed by atoms with van der Waals surface area (Å²) >= 11 is 0. The smallest absolute Gasteiger partial charge is 0.219 e. The van der Waals surface area contributed by atoms with Crippen molar-refractivity contribution in [2.24, 2.45) is 0 Å². The van der Waals surface area contributed by atoms with Gasteiger partial charge >= 0.3 is 0 Å². The van der Waals surface area contributed by atoms with Crippen LogP contribution in [-0.2, 0) is 4.79 Å². The third-order valence-electron chi connectivity index (χ3n) is 3.60. The number of hydrogen-bond acceptors (Lipinski definition) is 5. The first-order valence-electron chi connectivity index (χ1n) is 6.58. The van der Waals surface area contributed by atoms with Crippen molar-refractivity contribution in [3.8, 4) is 11.5 Å². The highest BCUT2D eigenvalue weighted by atomic mass is 16.5. The lowest BCUT2D eigenvalue weighted by Crippen LogP contribution is -2.48. The van der Waals surface area contributed by atoms with Crippen LogP contribution in [-0.4, -0.2) is 51.2 Å². The summed E-state index contributed by atoms with van der Waals surface area (Å²) in [6.45, 7) is 4.55. The summed E-state index contributed by atoms with van der Waals surface area (Å²) in [6, 6.07) is 3.66. The van der Waals surface area contributed by atoms with E-state index in [0.29, 0.717) is 30.3 Å². The summed E-state index contributed by atoms with van der Waals surface area (Å²) in [7, 11) is 3.19. The van der Waals surface area contributed by atoms with Crippen molar-refractivity contribution < 1.29 is 14.3 Å². The van der Waals surface area contributed by atoms with E-state index in [-0.39, 0.29) is 5.91 Å². The molecule has 0 radical (unpaired) electrons. The monoisotopic (exact) mass is 279 g/mol. The fraction of sp³-hybridized carbons (Fsp3) is 0.500. The molecule has 0 aliphatic carbocycles. The summed E-state index contributed by atoms with van der Waals surface area (Å²) < 4.78 is 10.5. The van der Waals surface area contributed by atoms with Gasteiger partial charge in [0, 0.05) is 45.2 Å². The molecule has 6 nitrogen and oxygen atoms in total. The highest BCUT2D eigenvalue weighted by molar-refractivity contribution is 5.75. The van der Waals surface area contributed by atoms with Gasteiger partial charge in [0.15, 0.2) is 11.5 Å². The van der Waals surface area contributed by atoms with Crippen molar-refractivity contribution in [2.75, 3.05) is 51.0 Å². The van der Waals surface area contributed by atoms with Crippen LogP contribution in [0.1, 0.15) is 6.92 Å². The first-order valence-corrected chi connectivity index (χ1v) is 6.58. The number of nitrogens with zero attached hydrogens (tertiary/aromatic N) is 2. The third kappa shape index (κ3) is 2.74. The standard InChI is InChI=1S/C14H21N3O3/c1-10(18)16-4-6-17(7-5-16)12-9-14(20-3)13(19-2)8-11(12)15/h8-9H,4-7,15H2,1-3H3. The number of anilines is 2. The van der Waals surface area contributed by atoms with Crippen molar-refractivity contribution >= 4 is 17.3 Å². The maximum atomic E-state index is 11.3. The van der Waals surface area contributed by atoms with Gasteiger partial charge in [0.25, 0.3) is 0 Å². The first-order chi connectivity index (χ1) is 9.56. The average molecular weight is 279 g/mol. The Morgan fingerprint density at radius 1 is 1.10 bits per heavy atom. The zero-order chi connectivity index (χ0) is 14.7. The molecule has 110 valence electrons. The molecule has 20 heavy (non-hydrogen) atoms. The second-order valence-electron chi connectivity index (χ2n) is 4.76. The summed E-state index contributed by atoms with van der Waals surface area (Å²) in [5.41, 5.74) is 7.66. The quantitative estimate of drug-likeness (QED) is 0.835. The summed E-state index contributed by atoms with van der Waals surface area (Å²) in [5.74, 6) is 1.40. The number of piperazine rings is 1. The van der Waals surface area contributed by atoms with Gasteiger partial charge in [-0.3, -0.25) is 4.79 Å². The minimum atomic E-state index is 0.116. The van der Waals surface area contributed by atoms with Crippen LogP contribution in [0.4, 0.5) is 11.4 Å². The van der Waals surface area contributed by atoms with E-state index in [1.807, 2.05) is 11.0 Å². The van der Waals surface area contributed by atoms with Gasteiger partial charge in [-0.05, 0) is 0 Å². The number of carbonyl (C=O) groups is 1. The second kappa shape index (κ2) is 5.90. The molecule has 0 saturated carbocycles. The molecule has 2 N–H and O–H groups in total. The molecule has 0 bridgehead atoms. The number of benzene rings is 1. The fourth-order valence-electron chi connectivity index (χ4n) is 2.42. The number of amides is 1. The highest BCUT2D eigenvalue weighted by Crippen LogP contribution is 2.37. The van der Waals surface area contributed by atoms with Crippen molar-refractivity contribution in [1.29, 1.82) is 0 Å². The van der Waals surface area contributed by atoms with E-state index < -0.39 is 0 Å². The molecule has 6 heteroatoms. The van der Waals surface area contributed by atoms with Gasteiger partial charge in [-0.1, -0.05) is 0 Å². The Bertz CT molecular complexity index is 497. The Morgan fingerprint density at radius 3 is 2.15 bits per heavy atom. The van der Waals surface area contributed by atoms with Crippen molar-refractivity contribution in [3.05, 3.63) is 12.1 Å². The van der Waals surface area contributed by atoms with E-state index in [4.69, 9.17) is 15.2 Å². The Labute approximate surface area is 119 Å². The van der Waals surface area contributed by atoms with E-state index in [1.54, 1.807) is 27.2 Å². The molecule has 1 saturated heterocycles. The first kappa shape index (κ1) is 14.3. The zero-order valence-corrected chi connectivity index (χ0v) is 12.2. The van der Waals surface area contributed by atoms with E-state index in [1.165, 1.54) is 0 Å². The summed E-state index contributed by atoms with van der Waals surface area (Å²) in [4.78, 5) is 15.3. The summed E-state index contributed by atoms with van der Waals surface area (Å²) in [5, 5.41) is 0. The molecule has 1 amide bonds. The predicted octanol–water partition coefficient (Wildman–Crippen LogP) is 0.954. The molecule has 1 aliphatic heterocycles. The van der Waals surface area contributed by atoms with Crippen molar-refractivity contribution in [3.63, 3.8) is 0 Å². The molecule has 1 aromatic carbocycles. The normalized spacial score (nSPS) is 15.2. The number of ether oxygens (including phenoxy) is 2. The second-order valence-corrected chi connectivity index (χ2v) is 4.76. The topological polar surface area (TPSA) is 68.0 Å². The molecule has 1 aromatic rings. The number of carbonyl (C=O) groups excluding carboxylic acids is 1. The van der Waals surface area contributed by atoms with Crippen LogP contribution in [0.15, 0.2) is 12.1 Å². The lowest BCUT2D eigenvalue weighted by Gasteiger charge is -2.36. The Kier molecular flexibility index (Phi) is 4.22. The molecular weight excluding hydrogens is 258 g/mol. The number of nitrogens with two attached hydrogens (primary N) is 1. The van der Waals surface area contributed by atoms with E-state index in [0.717, 1.165) is 18.8 Å². The molecule has 0 atom stereocenters. The van der Waals surface area contributed by atoms with Crippen LogP contribution in [0.25, 0.3) is 0 Å². The predicted molar refractivity (Wildman–Crippen MR) is 78.4 cm³/mol. The van der Waals surface area contributed by atoms with Gasteiger partial charge in [-0.15, -0.1) is 0 Å². The average Bonchev–Trinajstić information content (AvgIpc) is 2.47. The fourth-order valence-corrected chi connectivity index (χ4v) is 2.42. The molecule has 2 rings (SSSR count). The van der Waals surface area contributed by atoms with Crippen LogP contribution in [0.3, 0.4) is 0 Å². The number of nitrogen functional groups attached to an aromatic ring is 1. The largest absolute Gasteiger partial charge is 0.493 e. The SMILES string of the molecule is COc1cc(N)c(N2CCN(C(C)=O)CC2)cc1OC. The van der Waals surface area contributed by atoms with Crippen molar-refractivity contribution in [2.45, 2.75) is 6.92 Å². The molecule has 0 spiro atoms. The molecule has 1 heterocycles. The van der Waals surface area contributed by atoms with Gasteiger partial charge in [-0.2, -0.15) is 0 Å². The summed E-state index contributed by atoms with van der Waals surface area (Å²) in [6.07, 6.45) is 0. The van der Waals surface area contributed by atoms with Gasteiger partial charge < -0.3 is 25.0 Å². The van der Waals surface area contributed by atoms with E-state index in [2.05, 4.69) is 4.90 Å². The Morgan fingerprint density at radius 2 is 1.65 bits per heavy atom. The van der Waals surface area contributed by atoms with Crippen LogP contribution >= 0.6 is 0 Å². The minimum absolute atomic E-state index is 0.116. The van der Waals surface area contributed by atoms with Crippen LogP contribution < -0.4 is 20.1 Å². The van der Waals surface area contributed by atoms with E-state index in [9.17, 15) is 4.79 Å². The van der Waals surface area contributed by atoms with Crippen molar-refractivity contribution in [1.82, 2.24) is 4.90 Å². The maximum absolute atomic E-state index is 11.3. The lowest BCUT2D eigenvalue weighted by molar-refractivity contribution is -0.129. The Balaban J connectivity index is 2.19. The van der Waals surface area contributed by atoms with Crippen LogP contribution in [0, 0.1) is 0 Å². The minimum Gasteiger partial charge on any atom is -0.493 e. The molecule has 1 aliphatic rings. The van der Waals surface area contributed by atoms with Crippen LogP contribution in [0.5, 0.6) is 11.5 Å². The van der Waals surface area contributed by atoms with Gasteiger partial charge in [-0.25, -0.2) is 0 Å². The molecular formula is C14H21N3O3. The lowest BCUT2D eigenvalue weighted by atomic mass is 10.2. The van der Waals surface area contributed by atoms with Gasteiger partial charge in [0.05, 0.1) is 25.6 Å². The Hall–Kier alpha value is -2.11. The molecule has 1 fully saturated rings. The van der Waals surface area contributed by atoms with E-state index >= 15 is 0 Å². The number of methoxy groups -OCH3 is 2. The highest BCUT2D eigenvalue weighted by Gasteiger charge is 2.21. The van der Waals surface area contributed by atoms with Gasteiger partial charge in [0.1, 0.15) is 0 Å². The number of hydrogen-bond donors (Lipinski definition) is 1. The van der Waals surface area contributed by atoms with Crippen LogP contribution in [0.2, 0.25) is 0 Å². The zero-order valence-electron chi connectivity index (χ0n) is 12.2. The maximum Gasteiger partial charge on any atom is 0.219 e. The third-order valence-corrected chi connectivity index (χ3v) is 3.60. The van der Waals surface area contributed by atoms with Gasteiger partial charge in [0.2, 0.25) is 5.91 Å².